The predicted molar refractivity (Wildman–Crippen MR) is 89.7 cm³/mol. The summed E-state index contributed by atoms with van der Waals surface area (Å²) in [6, 6.07) is 6.83. The lowest BCUT2D eigenvalue weighted by atomic mass is 10.1. The fourth-order valence-corrected chi connectivity index (χ4v) is 2.86. The first-order valence-electron chi connectivity index (χ1n) is 7.44. The van der Waals surface area contributed by atoms with E-state index in [0.29, 0.717) is 28.4 Å². The number of carbonyl (C=O) groups excluding carboxylic acids is 1. The predicted octanol–water partition coefficient (Wildman–Crippen LogP) is 3.50. The van der Waals surface area contributed by atoms with Gasteiger partial charge in [-0.3, -0.25) is 4.79 Å². The zero-order valence-corrected chi connectivity index (χ0v) is 14.6. The number of nitrogens with zero attached hydrogens (tertiary/aromatic N) is 1. The molecule has 2 aromatic rings. The van der Waals surface area contributed by atoms with E-state index >= 15 is 0 Å². The molecule has 0 atom stereocenters. The minimum Gasteiger partial charge on any atom is -0.378 e. The van der Waals surface area contributed by atoms with Gasteiger partial charge in [0.05, 0.1) is 17.9 Å². The molecule has 0 aliphatic rings. The van der Waals surface area contributed by atoms with Gasteiger partial charge in [0.1, 0.15) is 11.6 Å². The van der Waals surface area contributed by atoms with Gasteiger partial charge in [-0.1, -0.05) is 24.3 Å². The van der Waals surface area contributed by atoms with E-state index in [2.05, 4.69) is 19.7 Å². The Balaban J connectivity index is 1.87. The first kappa shape index (κ1) is 19.2. The van der Waals surface area contributed by atoms with Crippen LogP contribution in [0.15, 0.2) is 24.3 Å². The van der Waals surface area contributed by atoms with Gasteiger partial charge in [0.25, 0.3) is 5.91 Å². The Bertz CT molecular complexity index is 714. The SMILES string of the molecule is CNc1snc(C)c1C(=O)NCc1ccc(COCC(F)(F)F)cc1. The van der Waals surface area contributed by atoms with Crippen LogP contribution in [0.1, 0.15) is 27.2 Å². The number of amides is 1. The van der Waals surface area contributed by atoms with Gasteiger partial charge < -0.3 is 15.4 Å². The largest absolute Gasteiger partial charge is 0.411 e. The summed E-state index contributed by atoms with van der Waals surface area (Å²) >= 11 is 1.22. The minimum absolute atomic E-state index is 0.114. The zero-order chi connectivity index (χ0) is 18.4. The Hall–Kier alpha value is -2.13. The number of rotatable bonds is 7. The van der Waals surface area contributed by atoms with Crippen LogP contribution in [0.4, 0.5) is 18.2 Å². The molecule has 2 N–H and O–H groups in total. The molecular formula is C16H18F3N3O2S. The molecule has 0 saturated carbocycles. The first-order chi connectivity index (χ1) is 11.8. The standard InChI is InChI=1S/C16H18F3N3O2S/c1-10-13(15(20-2)25-22-10)14(23)21-7-11-3-5-12(6-4-11)8-24-9-16(17,18)19/h3-6,20H,7-9H2,1-2H3,(H,21,23). The Morgan fingerprint density at radius 1 is 1.24 bits per heavy atom. The van der Waals surface area contributed by atoms with E-state index in [0.717, 1.165) is 5.56 Å². The maximum Gasteiger partial charge on any atom is 0.411 e. The Morgan fingerprint density at radius 2 is 1.88 bits per heavy atom. The van der Waals surface area contributed by atoms with Crippen LogP contribution in [0.5, 0.6) is 0 Å². The highest BCUT2D eigenvalue weighted by Crippen LogP contribution is 2.23. The molecule has 0 aliphatic heterocycles. The van der Waals surface area contributed by atoms with Crippen LogP contribution in [0.3, 0.4) is 0 Å². The molecule has 2 rings (SSSR count). The monoisotopic (exact) mass is 373 g/mol. The average molecular weight is 373 g/mol. The summed E-state index contributed by atoms with van der Waals surface area (Å²) in [6.45, 7) is 0.688. The van der Waals surface area contributed by atoms with Crippen LogP contribution in [0.25, 0.3) is 0 Å². The van der Waals surface area contributed by atoms with Gasteiger partial charge in [-0.25, -0.2) is 0 Å². The Morgan fingerprint density at radius 3 is 2.48 bits per heavy atom. The molecule has 1 aromatic carbocycles. The van der Waals surface area contributed by atoms with E-state index in [1.165, 1.54) is 11.5 Å². The summed E-state index contributed by atoms with van der Waals surface area (Å²) < 4.78 is 44.8. The Kier molecular flexibility index (Phi) is 6.38. The third-order valence-electron chi connectivity index (χ3n) is 3.33. The van der Waals surface area contributed by atoms with Crippen molar-refractivity contribution in [2.24, 2.45) is 0 Å². The molecule has 1 amide bonds. The molecule has 0 aliphatic carbocycles. The number of nitrogens with one attached hydrogen (secondary N) is 2. The molecule has 0 saturated heterocycles. The van der Waals surface area contributed by atoms with Crippen LogP contribution in [0, 0.1) is 6.92 Å². The zero-order valence-electron chi connectivity index (χ0n) is 13.7. The van der Waals surface area contributed by atoms with Crippen molar-refractivity contribution < 1.29 is 22.7 Å². The van der Waals surface area contributed by atoms with Crippen LogP contribution in [-0.2, 0) is 17.9 Å². The maximum absolute atomic E-state index is 12.3. The number of carbonyl (C=O) groups is 1. The number of alkyl halides is 3. The lowest BCUT2D eigenvalue weighted by Crippen LogP contribution is -2.23. The van der Waals surface area contributed by atoms with Crippen molar-refractivity contribution in [3.63, 3.8) is 0 Å². The fraction of sp³-hybridized carbons (Fsp3) is 0.375. The fourth-order valence-electron chi connectivity index (χ4n) is 2.12. The molecule has 136 valence electrons. The van der Waals surface area contributed by atoms with E-state index in [-0.39, 0.29) is 12.5 Å². The van der Waals surface area contributed by atoms with Gasteiger partial charge in [0.2, 0.25) is 0 Å². The summed E-state index contributed by atoms with van der Waals surface area (Å²) in [6.07, 6.45) is -4.33. The van der Waals surface area contributed by atoms with Crippen molar-refractivity contribution in [1.82, 2.24) is 9.69 Å². The smallest absolute Gasteiger partial charge is 0.378 e. The molecule has 5 nitrogen and oxygen atoms in total. The van der Waals surface area contributed by atoms with E-state index in [4.69, 9.17) is 0 Å². The highest BCUT2D eigenvalue weighted by Gasteiger charge is 2.27. The van der Waals surface area contributed by atoms with Crippen LogP contribution in [-0.4, -0.2) is 30.1 Å². The van der Waals surface area contributed by atoms with Gasteiger partial charge in [-0.15, -0.1) is 0 Å². The number of ether oxygens (including phenoxy) is 1. The molecule has 0 radical (unpaired) electrons. The van der Waals surface area contributed by atoms with Gasteiger partial charge in [0, 0.05) is 13.6 Å². The van der Waals surface area contributed by atoms with Crippen molar-refractivity contribution in [3.05, 3.63) is 46.6 Å². The van der Waals surface area contributed by atoms with Gasteiger partial charge >= 0.3 is 6.18 Å². The Labute approximate surface area is 147 Å². The molecule has 1 heterocycles. The number of benzene rings is 1. The second kappa shape index (κ2) is 8.30. The molecular weight excluding hydrogens is 355 g/mol. The van der Waals surface area contributed by atoms with Crippen molar-refractivity contribution in [2.45, 2.75) is 26.3 Å². The number of hydrogen-bond donors (Lipinski definition) is 2. The summed E-state index contributed by atoms with van der Waals surface area (Å²) in [7, 11) is 1.73. The van der Waals surface area contributed by atoms with Gasteiger partial charge in [0.15, 0.2) is 0 Å². The van der Waals surface area contributed by atoms with Crippen LogP contribution in [0.2, 0.25) is 0 Å². The summed E-state index contributed by atoms with van der Waals surface area (Å²) in [4.78, 5) is 12.3. The molecule has 25 heavy (non-hydrogen) atoms. The van der Waals surface area contributed by atoms with Crippen molar-refractivity contribution in [2.75, 3.05) is 19.0 Å². The lowest BCUT2D eigenvalue weighted by Gasteiger charge is -2.09. The maximum atomic E-state index is 12.3. The highest BCUT2D eigenvalue weighted by atomic mass is 32.1. The lowest BCUT2D eigenvalue weighted by molar-refractivity contribution is -0.176. The van der Waals surface area contributed by atoms with Crippen molar-refractivity contribution in [1.29, 1.82) is 0 Å². The third kappa shape index (κ3) is 5.71. The summed E-state index contributed by atoms with van der Waals surface area (Å²) in [5.74, 6) is -0.229. The number of hydrogen-bond acceptors (Lipinski definition) is 5. The number of halogens is 3. The second-order valence-electron chi connectivity index (χ2n) is 5.33. The normalized spacial score (nSPS) is 11.4. The van der Waals surface area contributed by atoms with Crippen LogP contribution >= 0.6 is 11.5 Å². The van der Waals surface area contributed by atoms with Gasteiger partial charge in [-0.05, 0) is 29.6 Å². The molecule has 1 aromatic heterocycles. The highest BCUT2D eigenvalue weighted by molar-refractivity contribution is 7.10. The topological polar surface area (TPSA) is 63.2 Å². The van der Waals surface area contributed by atoms with Crippen molar-refractivity contribution in [3.8, 4) is 0 Å². The molecule has 0 spiro atoms. The van der Waals surface area contributed by atoms with E-state index in [1.807, 2.05) is 0 Å². The number of anilines is 1. The van der Waals surface area contributed by atoms with E-state index in [9.17, 15) is 18.0 Å². The van der Waals surface area contributed by atoms with Crippen molar-refractivity contribution >= 4 is 22.4 Å². The van der Waals surface area contributed by atoms with Gasteiger partial charge in [-0.2, -0.15) is 17.5 Å². The first-order valence-corrected chi connectivity index (χ1v) is 8.22. The van der Waals surface area contributed by atoms with E-state index < -0.39 is 12.8 Å². The summed E-state index contributed by atoms with van der Waals surface area (Å²) in [5, 5.41) is 6.44. The molecule has 0 fully saturated rings. The number of aromatic nitrogens is 1. The average Bonchev–Trinajstić information content (AvgIpc) is 2.93. The third-order valence-corrected chi connectivity index (χ3v) is 4.28. The molecule has 9 heteroatoms. The number of aryl methyl sites for hydroxylation is 1. The minimum atomic E-state index is -4.33. The van der Waals surface area contributed by atoms with Crippen LogP contribution < -0.4 is 10.6 Å². The molecule has 0 unspecified atom stereocenters. The molecule has 0 bridgehead atoms. The quantitative estimate of drug-likeness (QED) is 0.780. The summed E-state index contributed by atoms with van der Waals surface area (Å²) in [5.41, 5.74) is 2.64. The second-order valence-corrected chi connectivity index (χ2v) is 6.10. The van der Waals surface area contributed by atoms with E-state index in [1.54, 1.807) is 38.2 Å².